The van der Waals surface area contributed by atoms with Gasteiger partial charge in [-0.05, 0) is 50.2 Å². The average Bonchev–Trinajstić information content (AvgIpc) is 2.67. The zero-order chi connectivity index (χ0) is 20.0. The number of carbonyl (C=O) groups is 3. The van der Waals surface area contributed by atoms with Gasteiger partial charge in [0, 0.05) is 17.0 Å². The van der Waals surface area contributed by atoms with Crippen molar-refractivity contribution in [2.24, 2.45) is 0 Å². The van der Waals surface area contributed by atoms with Crippen molar-refractivity contribution in [3.63, 3.8) is 0 Å². The second-order valence-electron chi connectivity index (χ2n) is 5.80. The van der Waals surface area contributed by atoms with E-state index in [-0.39, 0.29) is 11.3 Å². The molecule has 0 aliphatic carbocycles. The molecule has 0 unspecified atom stereocenters. The van der Waals surface area contributed by atoms with Crippen LogP contribution in [-0.2, 0) is 20.3 Å². The van der Waals surface area contributed by atoms with E-state index in [1.54, 1.807) is 49.4 Å². The number of esters is 1. The first-order valence-corrected chi connectivity index (χ1v) is 9.75. The van der Waals surface area contributed by atoms with E-state index in [1.165, 1.54) is 19.9 Å². The highest BCUT2D eigenvalue weighted by Crippen LogP contribution is 2.17. The summed E-state index contributed by atoms with van der Waals surface area (Å²) in [5.41, 5.74) is 1.21. The van der Waals surface area contributed by atoms with E-state index in [4.69, 9.17) is 4.74 Å². The van der Waals surface area contributed by atoms with Gasteiger partial charge in [0.2, 0.25) is 0 Å². The predicted octanol–water partition coefficient (Wildman–Crippen LogP) is 3.20. The summed E-state index contributed by atoms with van der Waals surface area (Å²) in [4.78, 5) is 36.3. The Hall–Kier alpha value is -2.80. The minimum atomic E-state index is -1.31. The van der Waals surface area contributed by atoms with Crippen LogP contribution in [-0.4, -0.2) is 33.7 Å². The maximum absolute atomic E-state index is 12.4. The van der Waals surface area contributed by atoms with Gasteiger partial charge in [0.05, 0.1) is 21.3 Å². The van der Waals surface area contributed by atoms with Crippen molar-refractivity contribution in [1.29, 1.82) is 0 Å². The number of carbonyl (C=O) groups excluding carboxylic acids is 3. The SMILES string of the molecule is CC[S@@](=O)c1ccccc1C(=O)O[C@H](C)C(=O)Nc1ccc(C(C)=O)cc1. The molecule has 0 bridgehead atoms. The first kappa shape index (κ1) is 20.5. The van der Waals surface area contributed by atoms with Crippen LogP contribution in [0.1, 0.15) is 41.5 Å². The maximum atomic E-state index is 12.4. The number of anilines is 1. The van der Waals surface area contributed by atoms with Crippen molar-refractivity contribution in [2.75, 3.05) is 11.1 Å². The number of ether oxygens (including phenoxy) is 1. The van der Waals surface area contributed by atoms with Crippen LogP contribution in [0, 0.1) is 0 Å². The Morgan fingerprint density at radius 1 is 1.07 bits per heavy atom. The number of hydrogen-bond acceptors (Lipinski definition) is 5. The highest BCUT2D eigenvalue weighted by molar-refractivity contribution is 7.85. The van der Waals surface area contributed by atoms with E-state index in [1.807, 2.05) is 0 Å². The minimum Gasteiger partial charge on any atom is -0.449 e. The van der Waals surface area contributed by atoms with Crippen molar-refractivity contribution < 1.29 is 23.3 Å². The first-order valence-electron chi connectivity index (χ1n) is 8.43. The summed E-state index contributed by atoms with van der Waals surface area (Å²) in [7, 11) is -1.31. The third-order valence-electron chi connectivity index (χ3n) is 3.83. The van der Waals surface area contributed by atoms with E-state index in [2.05, 4.69) is 5.32 Å². The van der Waals surface area contributed by atoms with Gasteiger partial charge in [-0.2, -0.15) is 0 Å². The minimum absolute atomic E-state index is 0.0710. The van der Waals surface area contributed by atoms with Crippen molar-refractivity contribution >= 4 is 34.1 Å². The molecule has 0 saturated carbocycles. The summed E-state index contributed by atoms with van der Waals surface area (Å²) in [6, 6.07) is 12.9. The molecular formula is C20H21NO5S. The van der Waals surface area contributed by atoms with E-state index < -0.39 is 28.8 Å². The van der Waals surface area contributed by atoms with Crippen LogP contribution in [0.3, 0.4) is 0 Å². The van der Waals surface area contributed by atoms with Crippen LogP contribution in [0.4, 0.5) is 5.69 Å². The zero-order valence-electron chi connectivity index (χ0n) is 15.4. The largest absolute Gasteiger partial charge is 0.449 e. The van der Waals surface area contributed by atoms with Gasteiger partial charge in [0.1, 0.15) is 0 Å². The fourth-order valence-electron chi connectivity index (χ4n) is 2.30. The van der Waals surface area contributed by atoms with Gasteiger partial charge in [-0.3, -0.25) is 13.8 Å². The average molecular weight is 387 g/mol. The molecule has 1 amide bonds. The molecule has 0 spiro atoms. The maximum Gasteiger partial charge on any atom is 0.340 e. The molecule has 2 rings (SSSR count). The molecule has 0 radical (unpaired) electrons. The van der Waals surface area contributed by atoms with Gasteiger partial charge in [0.25, 0.3) is 5.91 Å². The molecule has 2 atom stereocenters. The predicted molar refractivity (Wildman–Crippen MR) is 103 cm³/mol. The molecule has 2 aromatic carbocycles. The first-order chi connectivity index (χ1) is 12.8. The molecule has 7 heteroatoms. The van der Waals surface area contributed by atoms with E-state index >= 15 is 0 Å². The van der Waals surface area contributed by atoms with Crippen molar-refractivity contribution in [1.82, 2.24) is 0 Å². The summed E-state index contributed by atoms with van der Waals surface area (Å²) in [6.45, 7) is 4.67. The highest BCUT2D eigenvalue weighted by Gasteiger charge is 2.22. The van der Waals surface area contributed by atoms with Gasteiger partial charge < -0.3 is 10.1 Å². The summed E-state index contributed by atoms with van der Waals surface area (Å²) in [6.07, 6.45) is -1.05. The van der Waals surface area contributed by atoms with Crippen LogP contribution in [0.2, 0.25) is 0 Å². The van der Waals surface area contributed by atoms with Gasteiger partial charge in [0.15, 0.2) is 11.9 Å². The van der Waals surface area contributed by atoms with Crippen LogP contribution in [0.25, 0.3) is 0 Å². The lowest BCUT2D eigenvalue weighted by Crippen LogP contribution is -2.30. The molecule has 0 fully saturated rings. The molecule has 0 aromatic heterocycles. The Morgan fingerprint density at radius 3 is 2.30 bits per heavy atom. The molecule has 0 aliphatic rings. The van der Waals surface area contributed by atoms with Crippen LogP contribution in [0.5, 0.6) is 0 Å². The second kappa shape index (κ2) is 9.23. The number of nitrogens with one attached hydrogen (secondary N) is 1. The molecular weight excluding hydrogens is 366 g/mol. The lowest BCUT2D eigenvalue weighted by atomic mass is 10.1. The lowest BCUT2D eigenvalue weighted by Gasteiger charge is -2.15. The Labute approximate surface area is 160 Å². The molecule has 27 heavy (non-hydrogen) atoms. The van der Waals surface area contributed by atoms with Crippen LogP contribution < -0.4 is 5.32 Å². The molecule has 1 N–H and O–H groups in total. The fraction of sp³-hybridized carbons (Fsp3) is 0.250. The molecule has 0 heterocycles. The van der Waals surface area contributed by atoms with E-state index in [0.29, 0.717) is 21.9 Å². The van der Waals surface area contributed by atoms with Gasteiger partial charge in [-0.15, -0.1) is 0 Å². The summed E-state index contributed by atoms with van der Waals surface area (Å²) in [5, 5.41) is 2.63. The molecule has 6 nitrogen and oxygen atoms in total. The summed E-state index contributed by atoms with van der Waals surface area (Å²) >= 11 is 0. The standard InChI is InChI=1S/C20H21NO5S/c1-4-27(25)18-8-6-5-7-17(18)20(24)26-14(3)19(23)21-16-11-9-15(10-12-16)13(2)22/h5-12,14H,4H2,1-3H3,(H,21,23)/t14-,27-/m1/s1. The van der Waals surface area contributed by atoms with Crippen LogP contribution in [0.15, 0.2) is 53.4 Å². The topological polar surface area (TPSA) is 89.5 Å². The Kier molecular flexibility index (Phi) is 7.01. The van der Waals surface area contributed by atoms with Gasteiger partial charge in [-0.1, -0.05) is 19.1 Å². The van der Waals surface area contributed by atoms with Crippen molar-refractivity contribution in [3.05, 3.63) is 59.7 Å². The van der Waals surface area contributed by atoms with Crippen molar-refractivity contribution in [2.45, 2.75) is 31.8 Å². The highest BCUT2D eigenvalue weighted by atomic mass is 32.2. The summed E-state index contributed by atoms with van der Waals surface area (Å²) in [5.74, 6) is -0.912. The molecule has 142 valence electrons. The lowest BCUT2D eigenvalue weighted by molar-refractivity contribution is -0.123. The number of Topliss-reactive ketones (excluding diaryl/α,β-unsaturated/α-hetero) is 1. The number of rotatable bonds is 7. The molecule has 2 aromatic rings. The molecule has 0 aliphatic heterocycles. The number of benzene rings is 2. The van der Waals surface area contributed by atoms with E-state index in [9.17, 15) is 18.6 Å². The summed E-state index contributed by atoms with van der Waals surface area (Å²) < 4.78 is 17.3. The van der Waals surface area contributed by atoms with Gasteiger partial charge >= 0.3 is 5.97 Å². The van der Waals surface area contributed by atoms with E-state index in [0.717, 1.165) is 0 Å². The van der Waals surface area contributed by atoms with Crippen LogP contribution >= 0.6 is 0 Å². The third kappa shape index (κ3) is 5.34. The van der Waals surface area contributed by atoms with Gasteiger partial charge in [-0.25, -0.2) is 4.79 Å². The fourth-order valence-corrected chi connectivity index (χ4v) is 3.24. The Balaban J connectivity index is 2.05. The number of hydrogen-bond donors (Lipinski definition) is 1. The second-order valence-corrected chi connectivity index (χ2v) is 7.51. The monoisotopic (exact) mass is 387 g/mol. The number of ketones is 1. The van der Waals surface area contributed by atoms with Crippen molar-refractivity contribution in [3.8, 4) is 0 Å². The Morgan fingerprint density at radius 2 is 1.70 bits per heavy atom. The third-order valence-corrected chi connectivity index (χ3v) is 5.20. The smallest absolute Gasteiger partial charge is 0.340 e. The Bertz CT molecular complexity index is 876. The zero-order valence-corrected chi connectivity index (χ0v) is 16.2. The normalized spacial score (nSPS) is 12.7. The molecule has 0 saturated heterocycles. The quantitative estimate of drug-likeness (QED) is 0.582. The number of amides is 1.